The molecule has 4 rings (SSSR count). The first kappa shape index (κ1) is 29.0. The molecule has 0 fully saturated rings. The van der Waals surface area contributed by atoms with Gasteiger partial charge >= 0.3 is 5.97 Å². The van der Waals surface area contributed by atoms with Gasteiger partial charge in [0, 0.05) is 10.6 Å². The first-order valence-electron chi connectivity index (χ1n) is 12.8. The number of hydrogen-bond donors (Lipinski definition) is 2. The van der Waals surface area contributed by atoms with E-state index in [2.05, 4.69) is 5.32 Å². The Morgan fingerprint density at radius 1 is 0.900 bits per heavy atom. The molecule has 1 atom stereocenters. The highest BCUT2D eigenvalue weighted by molar-refractivity contribution is 7.98. The Morgan fingerprint density at radius 2 is 1.52 bits per heavy atom. The highest BCUT2D eigenvalue weighted by atomic mass is 35.5. The summed E-state index contributed by atoms with van der Waals surface area (Å²) in [6.45, 7) is 1.99. The van der Waals surface area contributed by atoms with Crippen LogP contribution in [0.2, 0.25) is 5.02 Å². The largest absolute Gasteiger partial charge is 0.480 e. The van der Waals surface area contributed by atoms with Crippen LogP contribution in [-0.2, 0) is 4.79 Å². The van der Waals surface area contributed by atoms with Crippen LogP contribution in [-0.4, -0.2) is 35.0 Å². The maximum atomic E-state index is 13.3. The summed E-state index contributed by atoms with van der Waals surface area (Å²) in [5.41, 5.74) is 5.02. The molecule has 0 unspecified atom stereocenters. The zero-order valence-electron chi connectivity index (χ0n) is 22.3. The zero-order chi connectivity index (χ0) is 28.5. The Labute approximate surface area is 243 Å². The van der Waals surface area contributed by atoms with E-state index < -0.39 is 17.9 Å². The molecule has 0 aliphatic carbocycles. The summed E-state index contributed by atoms with van der Waals surface area (Å²) < 4.78 is 5.87. The van der Waals surface area contributed by atoms with Crippen molar-refractivity contribution in [3.8, 4) is 22.6 Å². The average molecular weight is 572 g/mol. The summed E-state index contributed by atoms with van der Waals surface area (Å²) in [4.78, 5) is 25.0. The molecule has 4 aromatic carbocycles. The molecule has 0 heterocycles. The van der Waals surface area contributed by atoms with E-state index in [0.29, 0.717) is 34.3 Å². The van der Waals surface area contributed by atoms with Crippen LogP contribution in [0.25, 0.3) is 23.3 Å². The Bertz CT molecular complexity index is 1500. The molecule has 4 aromatic rings. The summed E-state index contributed by atoms with van der Waals surface area (Å²) in [5.74, 6) is 0.621. The van der Waals surface area contributed by atoms with Crippen molar-refractivity contribution in [3.63, 3.8) is 0 Å². The van der Waals surface area contributed by atoms with E-state index in [0.717, 1.165) is 27.8 Å². The van der Waals surface area contributed by atoms with Gasteiger partial charge in [0.1, 0.15) is 17.5 Å². The smallest absolute Gasteiger partial charge is 0.326 e. The fraction of sp³-hybridized carbons (Fsp3) is 0.152. The van der Waals surface area contributed by atoms with E-state index >= 15 is 0 Å². The molecule has 0 aromatic heterocycles. The normalized spacial score (nSPS) is 11.8. The van der Waals surface area contributed by atoms with Crippen LogP contribution < -0.4 is 10.1 Å². The second-order valence-corrected chi connectivity index (χ2v) is 10.6. The SMILES string of the molecule is CSCC[C@H](NC(=O)c1ccc(/C=C/c2ccc(Oc3ccc(Cl)cc3)cc2)cc1-c1ccccc1C)C(=O)O. The minimum atomic E-state index is -1.04. The van der Waals surface area contributed by atoms with E-state index in [1.165, 1.54) is 0 Å². The highest BCUT2D eigenvalue weighted by Gasteiger charge is 2.22. The van der Waals surface area contributed by atoms with Crippen molar-refractivity contribution >= 4 is 47.4 Å². The minimum Gasteiger partial charge on any atom is -0.480 e. The fourth-order valence-corrected chi connectivity index (χ4v) is 4.77. The van der Waals surface area contributed by atoms with Gasteiger partial charge in [-0.05, 0) is 102 Å². The van der Waals surface area contributed by atoms with E-state index in [9.17, 15) is 14.7 Å². The number of carbonyl (C=O) groups is 2. The Morgan fingerprint density at radius 3 is 2.17 bits per heavy atom. The molecule has 0 saturated heterocycles. The monoisotopic (exact) mass is 571 g/mol. The quantitative estimate of drug-likeness (QED) is 0.177. The summed E-state index contributed by atoms with van der Waals surface area (Å²) in [6.07, 6.45) is 6.24. The fourth-order valence-electron chi connectivity index (χ4n) is 4.17. The van der Waals surface area contributed by atoms with Crippen LogP contribution in [0.4, 0.5) is 0 Å². The number of amides is 1. The second kappa shape index (κ2) is 13.9. The molecular formula is C33H30ClNO4S. The lowest BCUT2D eigenvalue weighted by molar-refractivity contribution is -0.139. The van der Waals surface area contributed by atoms with Crippen LogP contribution >= 0.6 is 23.4 Å². The number of carboxylic acids is 1. The molecule has 0 bridgehead atoms. The Balaban J connectivity index is 1.57. The molecule has 0 saturated carbocycles. The molecule has 2 N–H and O–H groups in total. The molecule has 0 aliphatic heterocycles. The van der Waals surface area contributed by atoms with Crippen molar-refractivity contribution in [2.45, 2.75) is 19.4 Å². The lowest BCUT2D eigenvalue weighted by Crippen LogP contribution is -2.41. The lowest BCUT2D eigenvalue weighted by Gasteiger charge is -2.17. The van der Waals surface area contributed by atoms with Gasteiger partial charge in [-0.1, -0.05) is 66.2 Å². The number of halogens is 1. The van der Waals surface area contributed by atoms with Crippen LogP contribution in [0.3, 0.4) is 0 Å². The number of aryl methyl sites for hydroxylation is 1. The van der Waals surface area contributed by atoms with Crippen molar-refractivity contribution in [2.75, 3.05) is 12.0 Å². The number of carbonyl (C=O) groups excluding carboxylic acids is 1. The summed E-state index contributed by atoms with van der Waals surface area (Å²) in [6, 6.07) is 27.4. The molecule has 7 heteroatoms. The van der Waals surface area contributed by atoms with Crippen molar-refractivity contribution in [1.29, 1.82) is 0 Å². The van der Waals surface area contributed by atoms with Gasteiger partial charge in [-0.15, -0.1) is 0 Å². The zero-order valence-corrected chi connectivity index (χ0v) is 23.8. The van der Waals surface area contributed by atoms with Crippen molar-refractivity contribution in [3.05, 3.63) is 118 Å². The van der Waals surface area contributed by atoms with Crippen molar-refractivity contribution in [1.82, 2.24) is 5.32 Å². The van der Waals surface area contributed by atoms with E-state index in [4.69, 9.17) is 16.3 Å². The number of ether oxygens (including phenoxy) is 1. The lowest BCUT2D eigenvalue weighted by atomic mass is 9.93. The number of aliphatic carboxylic acids is 1. The number of carboxylic acid groups (broad SMARTS) is 1. The van der Waals surface area contributed by atoms with Crippen LogP contribution in [0.5, 0.6) is 11.5 Å². The first-order chi connectivity index (χ1) is 19.3. The summed E-state index contributed by atoms with van der Waals surface area (Å²) >= 11 is 7.49. The van der Waals surface area contributed by atoms with Crippen LogP contribution in [0.1, 0.15) is 33.5 Å². The predicted molar refractivity (Wildman–Crippen MR) is 165 cm³/mol. The molecule has 40 heavy (non-hydrogen) atoms. The molecular weight excluding hydrogens is 542 g/mol. The second-order valence-electron chi connectivity index (χ2n) is 9.22. The third-order valence-corrected chi connectivity index (χ3v) is 7.23. The van der Waals surface area contributed by atoms with Gasteiger partial charge in [0.05, 0.1) is 0 Å². The third kappa shape index (κ3) is 7.78. The molecule has 5 nitrogen and oxygen atoms in total. The van der Waals surface area contributed by atoms with Gasteiger partial charge in [0.15, 0.2) is 0 Å². The first-order valence-corrected chi connectivity index (χ1v) is 14.6. The minimum absolute atomic E-state index is 0.353. The van der Waals surface area contributed by atoms with Crippen molar-refractivity contribution < 1.29 is 19.4 Å². The Hall–Kier alpha value is -4.00. The Kier molecular flexibility index (Phi) is 10.1. The third-order valence-electron chi connectivity index (χ3n) is 6.34. The number of hydrogen-bond acceptors (Lipinski definition) is 4. The summed E-state index contributed by atoms with van der Waals surface area (Å²) in [5, 5.41) is 13.0. The predicted octanol–water partition coefficient (Wildman–Crippen LogP) is 8.21. The highest BCUT2D eigenvalue weighted by Crippen LogP contribution is 2.29. The number of nitrogens with one attached hydrogen (secondary N) is 1. The van der Waals surface area contributed by atoms with Gasteiger partial charge in [0.2, 0.25) is 0 Å². The van der Waals surface area contributed by atoms with Crippen molar-refractivity contribution in [2.24, 2.45) is 0 Å². The van der Waals surface area contributed by atoms with E-state index in [-0.39, 0.29) is 0 Å². The molecule has 0 spiro atoms. The molecule has 1 amide bonds. The molecule has 0 aliphatic rings. The van der Waals surface area contributed by atoms with E-state index in [1.54, 1.807) is 30.0 Å². The molecule has 0 radical (unpaired) electrons. The van der Waals surface area contributed by atoms with Crippen LogP contribution in [0.15, 0.2) is 91.0 Å². The average Bonchev–Trinajstić information content (AvgIpc) is 2.96. The standard InChI is InChI=1S/C33H30ClNO4S/c1-22-5-3-4-6-28(22)30-21-24(11-18-29(30)32(36)35-31(33(37)38)19-20-40-2)8-7-23-9-14-26(15-10-23)39-27-16-12-25(34)13-17-27/h3-18,21,31H,19-20H2,1-2H3,(H,35,36)(H,37,38)/b8-7+/t31-/m0/s1. The summed E-state index contributed by atoms with van der Waals surface area (Å²) in [7, 11) is 0. The maximum Gasteiger partial charge on any atom is 0.326 e. The van der Waals surface area contributed by atoms with Gasteiger partial charge < -0.3 is 15.2 Å². The van der Waals surface area contributed by atoms with Gasteiger partial charge in [0.25, 0.3) is 5.91 Å². The molecule has 204 valence electrons. The number of benzene rings is 4. The number of rotatable bonds is 11. The van der Waals surface area contributed by atoms with Gasteiger partial charge in [-0.2, -0.15) is 11.8 Å². The van der Waals surface area contributed by atoms with E-state index in [1.807, 2.05) is 98.1 Å². The van der Waals surface area contributed by atoms with Crippen LogP contribution in [0, 0.1) is 6.92 Å². The maximum absolute atomic E-state index is 13.3. The topological polar surface area (TPSA) is 75.6 Å². The number of thioether (sulfide) groups is 1. The van der Waals surface area contributed by atoms with Gasteiger partial charge in [-0.25, -0.2) is 4.79 Å². The van der Waals surface area contributed by atoms with Gasteiger partial charge in [-0.3, -0.25) is 4.79 Å².